The maximum atomic E-state index is 13.1. The maximum Gasteiger partial charge on any atom is 0.407 e. The monoisotopic (exact) mass is 984 g/mol. The fourth-order valence-corrected chi connectivity index (χ4v) is 4.44. The van der Waals surface area contributed by atoms with Gasteiger partial charge in [0.25, 0.3) is 0 Å². The Morgan fingerprint density at radius 1 is 0.333 bits per heavy atom. The molecular weight excluding hydrogens is 920 g/mol. The lowest BCUT2D eigenvalue weighted by Gasteiger charge is -2.42. The molecule has 0 atom stereocenters. The van der Waals surface area contributed by atoms with Gasteiger partial charge in [0.2, 0.25) is 0 Å². The zero-order chi connectivity index (χ0) is 52.4. The van der Waals surface area contributed by atoms with Crippen LogP contribution >= 0.6 is 0 Å². The Hall–Kier alpha value is -7.64. The molecule has 0 saturated carbocycles. The molecule has 69 heavy (non-hydrogen) atoms. The van der Waals surface area contributed by atoms with Gasteiger partial charge >= 0.3 is 60.3 Å². The normalized spacial score (nSPS) is 10.3. The first-order valence-electron chi connectivity index (χ1n) is 20.9. The minimum atomic E-state index is -1.95. The Labute approximate surface area is 399 Å². The summed E-state index contributed by atoms with van der Waals surface area (Å²) in [4.78, 5) is 125. The molecule has 0 fully saturated rings. The molecule has 0 heterocycles. The van der Waals surface area contributed by atoms with Gasteiger partial charge in [0.1, 0.15) is 71.6 Å². The first-order chi connectivity index (χ1) is 32.5. The number of nitrogens with zero attached hydrogens (tertiary/aromatic N) is 1. The van der Waals surface area contributed by atoms with E-state index in [0.717, 1.165) is 0 Å². The van der Waals surface area contributed by atoms with E-state index in [2.05, 4.69) is 59.5 Å². The van der Waals surface area contributed by atoms with Crippen LogP contribution in [0.5, 0.6) is 0 Å². The highest BCUT2D eigenvalue weighted by molar-refractivity contribution is 5.88. The largest absolute Gasteiger partial charge is 0.460 e. The standard InChI is InChI=1S/C43H64N6O20/c1-28(2)33(50)60-18-11-44-38(55)65-23-16-49(17-24-66-39(56)45-12-19-61-34(51)29(3)4)43(25-67-40(57)46-13-20-62-35(52)30(5)6,26-68-41(58)47-14-21-63-36(53)31(7)8)27-69-42(59)48-15-22-64-37(54)32(9)10/h1,3,5,7,9,11-27H2,2,4,6,8,10H3,(H,44,55)(H,45,56)(H,46,57)(H,47,58)(H,48,59). The van der Waals surface area contributed by atoms with Gasteiger partial charge in [0, 0.05) is 41.0 Å². The Bertz CT molecular complexity index is 1690. The fourth-order valence-electron chi connectivity index (χ4n) is 4.44. The Balaban J connectivity index is 6.79. The van der Waals surface area contributed by atoms with Crippen molar-refractivity contribution >= 4 is 60.3 Å². The number of hydrogen-bond donors (Lipinski definition) is 5. The second-order valence-electron chi connectivity index (χ2n) is 14.4. The quantitative estimate of drug-likeness (QED) is 0.0267. The Morgan fingerprint density at radius 2 is 0.536 bits per heavy atom. The van der Waals surface area contributed by atoms with E-state index in [1.54, 1.807) is 0 Å². The van der Waals surface area contributed by atoms with Crippen molar-refractivity contribution in [3.8, 4) is 0 Å². The van der Waals surface area contributed by atoms with Gasteiger partial charge in [0.05, 0.1) is 32.7 Å². The molecule has 0 saturated heterocycles. The molecule has 0 aromatic rings. The fraction of sp³-hybridized carbons (Fsp3) is 0.535. The number of hydrogen-bond acceptors (Lipinski definition) is 21. The van der Waals surface area contributed by atoms with Gasteiger partial charge in [-0.05, 0) is 34.6 Å². The lowest BCUT2D eigenvalue weighted by Crippen LogP contribution is -2.61. The molecule has 386 valence electrons. The minimum absolute atomic E-state index is 0.104. The van der Waals surface area contributed by atoms with Crippen LogP contribution in [-0.2, 0) is 71.3 Å². The molecule has 0 rings (SSSR count). The molecule has 5 amide bonds. The van der Waals surface area contributed by atoms with Crippen molar-refractivity contribution in [3.63, 3.8) is 0 Å². The summed E-state index contributed by atoms with van der Waals surface area (Å²) in [7, 11) is 0. The lowest BCUT2D eigenvalue weighted by molar-refractivity contribution is -0.139. The third kappa shape index (κ3) is 29.6. The average molecular weight is 985 g/mol. The van der Waals surface area contributed by atoms with Crippen molar-refractivity contribution in [2.75, 3.05) is 112 Å². The molecule has 26 heteroatoms. The number of rotatable bonds is 33. The molecule has 0 aliphatic rings. The number of carbonyl (C=O) groups excluding carboxylic acids is 10. The average Bonchev–Trinajstić information content (AvgIpc) is 3.29. The van der Waals surface area contributed by atoms with Crippen molar-refractivity contribution in [3.05, 3.63) is 60.8 Å². The van der Waals surface area contributed by atoms with E-state index in [1.165, 1.54) is 39.5 Å². The molecule has 0 unspecified atom stereocenters. The molecule has 0 bridgehead atoms. The van der Waals surface area contributed by atoms with Crippen LogP contribution in [0.4, 0.5) is 24.0 Å². The summed E-state index contributed by atoms with van der Waals surface area (Å²) in [6.45, 7) is 18.0. The predicted octanol–water partition coefficient (Wildman–Crippen LogP) is 1.25. The summed E-state index contributed by atoms with van der Waals surface area (Å²) in [6, 6.07) is 0. The van der Waals surface area contributed by atoms with Crippen LogP contribution in [0.1, 0.15) is 34.6 Å². The number of ether oxygens (including phenoxy) is 10. The third-order valence-corrected chi connectivity index (χ3v) is 8.04. The van der Waals surface area contributed by atoms with Crippen molar-refractivity contribution in [2.24, 2.45) is 0 Å². The van der Waals surface area contributed by atoms with E-state index in [4.69, 9.17) is 47.4 Å². The van der Waals surface area contributed by atoms with Crippen LogP contribution in [-0.4, -0.2) is 183 Å². The number of esters is 5. The molecule has 0 aromatic carbocycles. The molecule has 0 aliphatic heterocycles. The second-order valence-corrected chi connectivity index (χ2v) is 14.4. The summed E-state index contributed by atoms with van der Waals surface area (Å²) in [5.41, 5.74) is -1.38. The molecule has 26 nitrogen and oxygen atoms in total. The first-order valence-corrected chi connectivity index (χ1v) is 20.9. The number of carbonyl (C=O) groups is 10. The van der Waals surface area contributed by atoms with Gasteiger partial charge < -0.3 is 74.0 Å². The van der Waals surface area contributed by atoms with Crippen LogP contribution in [0.2, 0.25) is 0 Å². The van der Waals surface area contributed by atoms with Crippen molar-refractivity contribution in [1.29, 1.82) is 0 Å². The second kappa shape index (κ2) is 34.6. The van der Waals surface area contributed by atoms with Crippen molar-refractivity contribution in [2.45, 2.75) is 40.2 Å². The van der Waals surface area contributed by atoms with Gasteiger partial charge in [-0.15, -0.1) is 0 Å². The van der Waals surface area contributed by atoms with E-state index in [-0.39, 0.29) is 107 Å². The number of amides is 5. The molecule has 0 radical (unpaired) electrons. The smallest absolute Gasteiger partial charge is 0.407 e. The Morgan fingerprint density at radius 3 is 0.739 bits per heavy atom. The van der Waals surface area contributed by atoms with Crippen molar-refractivity contribution in [1.82, 2.24) is 31.5 Å². The van der Waals surface area contributed by atoms with Crippen molar-refractivity contribution < 1.29 is 95.3 Å². The van der Waals surface area contributed by atoms with E-state index in [0.29, 0.717) is 0 Å². The van der Waals surface area contributed by atoms with E-state index in [1.807, 2.05) is 0 Å². The van der Waals surface area contributed by atoms with Crippen LogP contribution in [0.3, 0.4) is 0 Å². The maximum absolute atomic E-state index is 13.1. The van der Waals surface area contributed by atoms with E-state index >= 15 is 0 Å². The highest BCUT2D eigenvalue weighted by atomic mass is 16.6. The predicted molar refractivity (Wildman–Crippen MR) is 240 cm³/mol. The van der Waals surface area contributed by atoms with E-state index < -0.39 is 98.9 Å². The zero-order valence-corrected chi connectivity index (χ0v) is 39.7. The summed E-state index contributed by atoms with van der Waals surface area (Å²) in [5, 5.41) is 11.8. The summed E-state index contributed by atoms with van der Waals surface area (Å²) >= 11 is 0. The SMILES string of the molecule is C=C(C)C(=O)OCCNC(=O)OCCN(CCOC(=O)NCCOC(=O)C(=C)C)C(COC(=O)NCCOC(=O)C(=C)C)(COC(=O)NCCOC(=O)C(=C)C)COC(=O)NCCOC(=O)C(=C)C. The molecule has 0 aliphatic carbocycles. The minimum Gasteiger partial charge on any atom is -0.460 e. The van der Waals surface area contributed by atoms with Gasteiger partial charge in [-0.3, -0.25) is 4.90 Å². The summed E-state index contributed by atoms with van der Waals surface area (Å²) in [5.74, 6) is -3.55. The van der Waals surface area contributed by atoms with Crippen LogP contribution in [0.15, 0.2) is 60.8 Å². The Kier molecular flexibility index (Phi) is 30.8. The van der Waals surface area contributed by atoms with Gasteiger partial charge in [-0.1, -0.05) is 32.9 Å². The zero-order valence-electron chi connectivity index (χ0n) is 39.7. The van der Waals surface area contributed by atoms with Crippen LogP contribution in [0.25, 0.3) is 0 Å². The highest BCUT2D eigenvalue weighted by Crippen LogP contribution is 2.20. The third-order valence-electron chi connectivity index (χ3n) is 8.04. The molecular formula is C43H64N6O20. The van der Waals surface area contributed by atoms with Crippen LogP contribution < -0.4 is 26.6 Å². The van der Waals surface area contributed by atoms with Gasteiger partial charge in [-0.25, -0.2) is 47.9 Å². The van der Waals surface area contributed by atoms with Gasteiger partial charge in [-0.2, -0.15) is 0 Å². The lowest BCUT2D eigenvalue weighted by atomic mass is 10.00. The van der Waals surface area contributed by atoms with E-state index in [9.17, 15) is 47.9 Å². The van der Waals surface area contributed by atoms with Gasteiger partial charge in [0.15, 0.2) is 0 Å². The summed E-state index contributed by atoms with van der Waals surface area (Å²) < 4.78 is 52.0. The molecule has 0 aromatic heterocycles. The number of nitrogens with one attached hydrogen (secondary N) is 5. The van der Waals surface area contributed by atoms with Crippen LogP contribution in [0, 0.1) is 0 Å². The molecule has 0 spiro atoms. The number of alkyl carbamates (subject to hydrolysis) is 5. The molecule has 5 N–H and O–H groups in total. The topological polar surface area (TPSA) is 326 Å². The first kappa shape index (κ1) is 61.4. The highest BCUT2D eigenvalue weighted by Gasteiger charge is 2.42. The summed E-state index contributed by atoms with van der Waals surface area (Å²) in [6.07, 6.45) is -5.29.